The van der Waals surface area contributed by atoms with E-state index in [1.165, 1.54) is 0 Å². The summed E-state index contributed by atoms with van der Waals surface area (Å²) < 4.78 is 0. The van der Waals surface area contributed by atoms with Crippen molar-refractivity contribution in [3.05, 3.63) is 23.8 Å². The summed E-state index contributed by atoms with van der Waals surface area (Å²) in [7, 11) is 0. The Morgan fingerprint density at radius 2 is 2.06 bits per heavy atom. The summed E-state index contributed by atoms with van der Waals surface area (Å²) in [4.78, 5) is 2.31. The largest absolute Gasteiger partial charge is 0.508 e. The van der Waals surface area contributed by atoms with Gasteiger partial charge < -0.3 is 15.7 Å². The van der Waals surface area contributed by atoms with Gasteiger partial charge in [0.25, 0.3) is 0 Å². The number of hydrogen-bond donors (Lipinski definition) is 2. The van der Waals surface area contributed by atoms with Crippen molar-refractivity contribution in [2.45, 2.75) is 13.0 Å². The molecule has 1 aliphatic rings. The van der Waals surface area contributed by atoms with Crippen LogP contribution in [0.5, 0.6) is 5.75 Å². The molecule has 1 aromatic carbocycles. The lowest BCUT2D eigenvalue weighted by atomic mass is 10.1. The number of hydrogen-bond acceptors (Lipinski definition) is 4. The van der Waals surface area contributed by atoms with Gasteiger partial charge in [0.05, 0.1) is 0 Å². The van der Waals surface area contributed by atoms with Gasteiger partial charge in [0, 0.05) is 48.0 Å². The first kappa shape index (κ1) is 11.6. The quantitative estimate of drug-likeness (QED) is 0.827. The molecule has 1 atom stereocenters. The summed E-state index contributed by atoms with van der Waals surface area (Å²) in [6, 6.07) is 5.69. The Balaban J connectivity index is 2.19. The Labute approximate surface area is 101 Å². The maximum atomic E-state index is 9.88. The Bertz CT molecular complexity index is 362. The molecule has 1 heterocycles. The van der Waals surface area contributed by atoms with E-state index < -0.39 is 0 Å². The van der Waals surface area contributed by atoms with E-state index in [0.29, 0.717) is 5.75 Å². The number of nitrogens with zero attached hydrogens (tertiary/aromatic N) is 1. The Morgan fingerprint density at radius 3 is 2.62 bits per heavy atom. The minimum Gasteiger partial charge on any atom is -0.508 e. The van der Waals surface area contributed by atoms with Gasteiger partial charge in [-0.25, -0.2) is 0 Å². The van der Waals surface area contributed by atoms with Crippen molar-refractivity contribution in [3.63, 3.8) is 0 Å². The first-order valence-electron chi connectivity index (χ1n) is 5.59. The van der Waals surface area contributed by atoms with Crippen molar-refractivity contribution >= 4 is 17.4 Å². The molecule has 1 aromatic rings. The second-order valence-corrected chi connectivity index (χ2v) is 5.36. The summed E-state index contributed by atoms with van der Waals surface area (Å²) in [5.41, 5.74) is 7.68. The monoisotopic (exact) mass is 238 g/mol. The fourth-order valence-electron chi connectivity index (χ4n) is 1.94. The first-order valence-corrected chi connectivity index (χ1v) is 6.75. The lowest BCUT2D eigenvalue weighted by Crippen LogP contribution is -2.32. The third-order valence-electron chi connectivity index (χ3n) is 2.88. The number of rotatable bonds is 2. The molecule has 0 amide bonds. The number of nitrogens with two attached hydrogens (primary N) is 1. The highest BCUT2D eigenvalue weighted by Crippen LogP contribution is 2.29. The Hall–Kier alpha value is -0.870. The van der Waals surface area contributed by atoms with Gasteiger partial charge in [0.1, 0.15) is 5.75 Å². The third kappa shape index (κ3) is 2.44. The van der Waals surface area contributed by atoms with Crippen LogP contribution >= 0.6 is 11.8 Å². The molecule has 0 aliphatic carbocycles. The normalized spacial score (nSPS) is 18.5. The summed E-state index contributed by atoms with van der Waals surface area (Å²) in [6.07, 6.45) is 0. The third-order valence-corrected chi connectivity index (χ3v) is 3.82. The fraction of sp³-hybridized carbons (Fsp3) is 0.500. The molecule has 3 N–H and O–H groups in total. The van der Waals surface area contributed by atoms with Crippen molar-refractivity contribution in [2.24, 2.45) is 5.73 Å². The standard InChI is InChI=1S/C12H18N2OS/c1-9(13)11-3-2-10(8-12(11)15)14-4-6-16-7-5-14/h2-3,8-9,15H,4-7,13H2,1H3. The fourth-order valence-corrected chi connectivity index (χ4v) is 2.84. The smallest absolute Gasteiger partial charge is 0.122 e. The van der Waals surface area contributed by atoms with Crippen LogP contribution in [-0.2, 0) is 0 Å². The molecule has 1 fully saturated rings. The highest BCUT2D eigenvalue weighted by atomic mass is 32.2. The van der Waals surface area contributed by atoms with Crippen molar-refractivity contribution in [1.82, 2.24) is 0 Å². The van der Waals surface area contributed by atoms with Crippen LogP contribution in [0.4, 0.5) is 5.69 Å². The van der Waals surface area contributed by atoms with Gasteiger partial charge in [-0.3, -0.25) is 0 Å². The van der Waals surface area contributed by atoms with Crippen LogP contribution in [0.15, 0.2) is 18.2 Å². The van der Waals surface area contributed by atoms with Gasteiger partial charge in [-0.1, -0.05) is 6.07 Å². The van der Waals surface area contributed by atoms with Crippen LogP contribution in [0.3, 0.4) is 0 Å². The van der Waals surface area contributed by atoms with E-state index in [1.54, 1.807) is 0 Å². The van der Waals surface area contributed by atoms with E-state index in [4.69, 9.17) is 5.73 Å². The second kappa shape index (κ2) is 4.97. The number of thioether (sulfide) groups is 1. The van der Waals surface area contributed by atoms with E-state index in [2.05, 4.69) is 11.0 Å². The van der Waals surface area contributed by atoms with E-state index >= 15 is 0 Å². The first-order chi connectivity index (χ1) is 7.68. The van der Waals surface area contributed by atoms with E-state index in [9.17, 15) is 5.11 Å². The topological polar surface area (TPSA) is 49.5 Å². The van der Waals surface area contributed by atoms with Gasteiger partial charge in [-0.15, -0.1) is 0 Å². The van der Waals surface area contributed by atoms with Gasteiger partial charge >= 0.3 is 0 Å². The van der Waals surface area contributed by atoms with Gasteiger partial charge in [0.15, 0.2) is 0 Å². The molecule has 4 heteroatoms. The molecule has 0 aromatic heterocycles. The molecule has 1 saturated heterocycles. The molecule has 3 nitrogen and oxygen atoms in total. The maximum Gasteiger partial charge on any atom is 0.122 e. The molecule has 0 bridgehead atoms. The van der Waals surface area contributed by atoms with Crippen LogP contribution < -0.4 is 10.6 Å². The Kier molecular flexibility index (Phi) is 3.61. The summed E-state index contributed by atoms with van der Waals surface area (Å²) in [5.74, 6) is 2.64. The molecule has 16 heavy (non-hydrogen) atoms. The Morgan fingerprint density at radius 1 is 1.38 bits per heavy atom. The van der Waals surface area contributed by atoms with Crippen LogP contribution in [0.1, 0.15) is 18.5 Å². The SMILES string of the molecule is CC(N)c1ccc(N2CCSCC2)cc1O. The van der Waals surface area contributed by atoms with Crippen LogP contribution in [0.25, 0.3) is 0 Å². The second-order valence-electron chi connectivity index (χ2n) is 4.13. The molecule has 0 spiro atoms. The predicted octanol–water partition coefficient (Wildman–Crippen LogP) is 1.97. The molecule has 0 radical (unpaired) electrons. The summed E-state index contributed by atoms with van der Waals surface area (Å²) >= 11 is 1.98. The number of aromatic hydroxyl groups is 1. The van der Waals surface area contributed by atoms with E-state index in [0.717, 1.165) is 35.8 Å². The highest BCUT2D eigenvalue weighted by Gasteiger charge is 2.13. The van der Waals surface area contributed by atoms with Crippen molar-refractivity contribution in [2.75, 3.05) is 29.5 Å². The van der Waals surface area contributed by atoms with Gasteiger partial charge in [-0.05, 0) is 13.0 Å². The molecule has 1 aliphatic heterocycles. The summed E-state index contributed by atoms with van der Waals surface area (Å²) in [6.45, 7) is 4.00. The minimum atomic E-state index is -0.119. The zero-order valence-corrected chi connectivity index (χ0v) is 10.3. The maximum absolute atomic E-state index is 9.88. The van der Waals surface area contributed by atoms with Gasteiger partial charge in [0.2, 0.25) is 0 Å². The number of phenols is 1. The minimum absolute atomic E-state index is 0.119. The molecule has 2 rings (SSSR count). The van der Waals surface area contributed by atoms with Crippen molar-refractivity contribution in [3.8, 4) is 5.75 Å². The lowest BCUT2D eigenvalue weighted by molar-refractivity contribution is 0.463. The summed E-state index contributed by atoms with van der Waals surface area (Å²) in [5, 5.41) is 9.88. The molecular weight excluding hydrogens is 220 g/mol. The average Bonchev–Trinajstić information content (AvgIpc) is 2.29. The van der Waals surface area contributed by atoms with E-state index in [1.807, 2.05) is 30.8 Å². The molecule has 88 valence electrons. The van der Waals surface area contributed by atoms with E-state index in [-0.39, 0.29) is 6.04 Å². The van der Waals surface area contributed by atoms with Crippen LogP contribution in [0.2, 0.25) is 0 Å². The lowest BCUT2D eigenvalue weighted by Gasteiger charge is -2.29. The van der Waals surface area contributed by atoms with Crippen molar-refractivity contribution in [1.29, 1.82) is 0 Å². The number of benzene rings is 1. The molecular formula is C12H18N2OS. The number of phenolic OH excluding ortho intramolecular Hbond substituents is 1. The zero-order chi connectivity index (χ0) is 11.5. The van der Waals surface area contributed by atoms with Crippen molar-refractivity contribution < 1.29 is 5.11 Å². The van der Waals surface area contributed by atoms with Gasteiger partial charge in [-0.2, -0.15) is 11.8 Å². The van der Waals surface area contributed by atoms with Crippen LogP contribution in [-0.4, -0.2) is 29.7 Å². The predicted molar refractivity (Wildman–Crippen MR) is 70.2 cm³/mol. The molecule has 1 unspecified atom stereocenters. The average molecular weight is 238 g/mol. The highest BCUT2D eigenvalue weighted by molar-refractivity contribution is 7.99. The molecule has 0 saturated carbocycles. The van der Waals surface area contributed by atoms with Crippen LogP contribution in [0, 0.1) is 0 Å². The zero-order valence-electron chi connectivity index (χ0n) is 9.52. The number of anilines is 1.